The summed E-state index contributed by atoms with van der Waals surface area (Å²) in [5, 5.41) is 0. The minimum Gasteiger partial charge on any atom is -0.496 e. The van der Waals surface area contributed by atoms with E-state index >= 15 is 0 Å². The maximum Gasteiger partial charge on any atom is 0.122 e. The molecule has 0 fully saturated rings. The van der Waals surface area contributed by atoms with E-state index in [1.807, 2.05) is 6.92 Å². The van der Waals surface area contributed by atoms with Gasteiger partial charge in [-0.15, -0.1) is 0 Å². The van der Waals surface area contributed by atoms with E-state index in [9.17, 15) is 0 Å². The predicted molar refractivity (Wildman–Crippen MR) is 634 cm³/mol. The van der Waals surface area contributed by atoms with Crippen LogP contribution < -0.4 is 28.4 Å². The van der Waals surface area contributed by atoms with Crippen molar-refractivity contribution in [3.63, 3.8) is 0 Å². The highest BCUT2D eigenvalue weighted by Gasteiger charge is 2.17. The molecule has 792 valence electrons. The zero-order valence-corrected chi connectivity index (χ0v) is 96.3. The van der Waals surface area contributed by atoms with E-state index in [1.165, 1.54) is 315 Å². The van der Waals surface area contributed by atoms with Gasteiger partial charge in [0, 0.05) is 0 Å². The second kappa shape index (κ2) is 71.1. The Balaban J connectivity index is 0.000000238. The lowest BCUT2D eigenvalue weighted by molar-refractivity contribution is 0.303. The second-order valence-electron chi connectivity index (χ2n) is 41.2. The van der Waals surface area contributed by atoms with Crippen LogP contribution in [0.5, 0.6) is 34.5 Å². The fourth-order valence-electron chi connectivity index (χ4n) is 18.8. The van der Waals surface area contributed by atoms with E-state index in [0.29, 0.717) is 0 Å². The normalized spacial score (nSPS) is 10.8. The van der Waals surface area contributed by atoms with E-state index in [4.69, 9.17) is 28.4 Å². The quantitative estimate of drug-likeness (QED) is 0.0354. The first-order valence-corrected chi connectivity index (χ1v) is 57.6. The summed E-state index contributed by atoms with van der Waals surface area (Å²) >= 11 is 0. The monoisotopic (exact) mass is 1970 g/mol. The van der Waals surface area contributed by atoms with Gasteiger partial charge in [-0.3, -0.25) is 0 Å². The van der Waals surface area contributed by atoms with Crippen LogP contribution in [0.2, 0.25) is 0 Å². The van der Waals surface area contributed by atoms with Crippen LogP contribution in [0, 0.1) is 83.1 Å². The van der Waals surface area contributed by atoms with Crippen molar-refractivity contribution in [3.8, 4) is 34.5 Å². The van der Waals surface area contributed by atoms with Crippen LogP contribution >= 0.6 is 0 Å². The molecule has 0 saturated heterocycles. The topological polar surface area (TPSA) is 55.4 Å². The van der Waals surface area contributed by atoms with E-state index in [-0.39, 0.29) is 0 Å². The number of hydrogen-bond acceptors (Lipinski definition) is 6. The summed E-state index contributed by atoms with van der Waals surface area (Å²) in [6.07, 6.45) is 46.3. The molecule has 0 bridgehead atoms. The molecular weight excluding hydrogens is 1780 g/mol. The van der Waals surface area contributed by atoms with Gasteiger partial charge in [0.05, 0.1) is 40.1 Å². The van der Waals surface area contributed by atoms with Crippen molar-refractivity contribution in [1.82, 2.24) is 0 Å². The molecule has 0 atom stereocenters. The Kier molecular flexibility index (Phi) is 59.6. The maximum atomic E-state index is 6.03. The standard InChI is InChI=1S/C26H38O.C25H36O.C24H34O.C23H32O.C22H30O.C20H26O/c1-5-7-9-10-20-27-26-19-18-25(21(3)22(26)4)17-16-24-14-12-23(13-15-24)11-8-6-2;1-5-7-9-19-26-25-18-17-24(20(3)21(25)4)16-15-23-13-11-22(12-14-23)10-8-6-2;1-5-7-9-21-10-12-22(13-11-21)14-15-23-16-17-24(20(4)19(23)3)25-18-8-6-2;1-5-7-8-20-9-11-21(12-10-20)13-14-22-15-16-23(24-17-6-2)19(4)18(22)3;1-5-7-8-19-9-11-20(12-10-19)13-14-21-15-16-22(23-6-2)18(4)17(21)3;1-5-6-17-7-9-18(10-8-17)11-12-19-13-14-20(21-4)16(3)15(19)2/h12-15,18-19H,5-11,16-17,20H2,1-4H3;11-14,17-18H,5-10,15-16,19H2,1-4H3;10-13,16-17H,5-9,14-15,18H2,1-4H3;9-12,15-16H,5-8,13-14,17H2,1-4H3;9-12,15-16H,5-8,13-14H2,1-4H3;7-10,13-14H,5-6,11-12H2,1-4H3. The number of benzene rings is 12. The highest BCUT2D eigenvalue weighted by atomic mass is 16.5. The van der Waals surface area contributed by atoms with Crippen LogP contribution in [-0.4, -0.2) is 40.1 Å². The van der Waals surface area contributed by atoms with E-state index in [0.717, 1.165) is 170 Å². The van der Waals surface area contributed by atoms with Gasteiger partial charge in [-0.05, 0) is 467 Å². The Morgan fingerprint density at radius 3 is 0.534 bits per heavy atom. The molecule has 0 radical (unpaired) electrons. The van der Waals surface area contributed by atoms with Crippen molar-refractivity contribution in [2.45, 2.75) is 410 Å². The van der Waals surface area contributed by atoms with Gasteiger partial charge >= 0.3 is 0 Å². The average molecular weight is 1980 g/mol. The second-order valence-corrected chi connectivity index (χ2v) is 41.2. The molecule has 12 aromatic carbocycles. The van der Waals surface area contributed by atoms with Crippen LogP contribution in [0.1, 0.15) is 378 Å². The molecule has 0 saturated carbocycles. The molecule has 0 aromatic heterocycles. The highest BCUT2D eigenvalue weighted by molar-refractivity contribution is 5.50. The molecule has 6 heteroatoms. The van der Waals surface area contributed by atoms with Crippen molar-refractivity contribution in [2.75, 3.05) is 40.1 Å². The Hall–Kier alpha value is -10.6. The van der Waals surface area contributed by atoms with Gasteiger partial charge in [0.15, 0.2) is 0 Å². The van der Waals surface area contributed by atoms with Crippen LogP contribution in [0.4, 0.5) is 0 Å². The van der Waals surface area contributed by atoms with Gasteiger partial charge in [-0.25, -0.2) is 0 Å². The lowest BCUT2D eigenvalue weighted by atomic mass is 9.96. The van der Waals surface area contributed by atoms with Gasteiger partial charge in [0.1, 0.15) is 34.5 Å². The number of aryl methyl sites for hydroxylation is 18. The van der Waals surface area contributed by atoms with Gasteiger partial charge in [0.25, 0.3) is 0 Å². The van der Waals surface area contributed by atoms with Crippen LogP contribution in [0.3, 0.4) is 0 Å². The summed E-state index contributed by atoms with van der Waals surface area (Å²) in [7, 11) is 1.74. The van der Waals surface area contributed by atoms with Crippen molar-refractivity contribution in [2.24, 2.45) is 0 Å². The summed E-state index contributed by atoms with van der Waals surface area (Å²) in [6, 6.07) is 81.4. The van der Waals surface area contributed by atoms with Crippen LogP contribution in [-0.2, 0) is 116 Å². The molecule has 6 nitrogen and oxygen atoms in total. The lowest BCUT2D eigenvalue weighted by Gasteiger charge is -2.15. The first kappa shape index (κ1) is 122. The van der Waals surface area contributed by atoms with E-state index < -0.39 is 0 Å². The molecule has 0 aliphatic carbocycles. The predicted octanol–water partition coefficient (Wildman–Crippen LogP) is 38.1. The molecule has 0 unspecified atom stereocenters. The third kappa shape index (κ3) is 43.7. The third-order valence-electron chi connectivity index (χ3n) is 30.0. The van der Waals surface area contributed by atoms with Crippen LogP contribution in [0.15, 0.2) is 218 Å². The summed E-state index contributed by atoms with van der Waals surface area (Å²) in [4.78, 5) is 0. The minimum atomic E-state index is 0.726. The van der Waals surface area contributed by atoms with Gasteiger partial charge in [0.2, 0.25) is 0 Å². The fourth-order valence-corrected chi connectivity index (χ4v) is 18.8. The first-order valence-electron chi connectivity index (χ1n) is 57.6. The van der Waals surface area contributed by atoms with E-state index in [1.54, 1.807) is 7.11 Å². The zero-order chi connectivity index (χ0) is 106. The smallest absolute Gasteiger partial charge is 0.122 e. The molecule has 0 heterocycles. The van der Waals surface area contributed by atoms with Gasteiger partial charge in [-0.2, -0.15) is 0 Å². The Morgan fingerprint density at radius 2 is 0.322 bits per heavy atom. The van der Waals surface area contributed by atoms with Gasteiger partial charge in [-0.1, -0.05) is 328 Å². The average Bonchev–Trinajstić information content (AvgIpc) is 0.862. The largest absolute Gasteiger partial charge is 0.496 e. The van der Waals surface area contributed by atoms with Gasteiger partial charge < -0.3 is 28.4 Å². The zero-order valence-electron chi connectivity index (χ0n) is 96.3. The number of hydrogen-bond donors (Lipinski definition) is 0. The molecule has 146 heavy (non-hydrogen) atoms. The minimum absolute atomic E-state index is 0.726. The van der Waals surface area contributed by atoms with Crippen molar-refractivity contribution < 1.29 is 28.4 Å². The lowest BCUT2D eigenvalue weighted by Crippen LogP contribution is -2.02. The summed E-state index contributed by atoms with van der Waals surface area (Å²) < 4.78 is 34.8. The third-order valence-corrected chi connectivity index (χ3v) is 30.0. The SMILES string of the molecule is CCCCCCOc1ccc(CCc2ccc(CCCC)cc2)c(C)c1C.CCCCCOc1ccc(CCc2ccc(CCCC)cc2)c(C)c1C.CCCCOc1ccc(CCc2ccc(CCCC)cc2)c(C)c1C.CCCCc1ccc(CCc2ccc(OCC)c(C)c2C)cc1.CCCCc1ccc(CCc2ccc(OCCC)c(C)c2C)cc1.CCCc1ccc(CCc2ccc(OC)c(C)c2C)cc1. The molecule has 0 aliphatic heterocycles. The van der Waals surface area contributed by atoms with Crippen LogP contribution in [0.25, 0.3) is 0 Å². The summed E-state index contributed by atoms with van der Waals surface area (Å²) in [5.74, 6) is 6.22. The number of methoxy groups -OCH3 is 1. The summed E-state index contributed by atoms with van der Waals surface area (Å²) in [6.45, 7) is 54.7. The Bertz CT molecular complexity index is 5570. The molecule has 12 rings (SSSR count). The maximum absolute atomic E-state index is 6.03. The van der Waals surface area contributed by atoms with Crippen molar-refractivity contribution >= 4 is 0 Å². The highest BCUT2D eigenvalue weighted by Crippen LogP contribution is 2.34. The molecule has 0 amide bonds. The molecule has 0 N–H and O–H groups in total. The fraction of sp³-hybridized carbons (Fsp3) is 0.486. The first-order chi connectivity index (χ1) is 70.9. The Morgan fingerprint density at radius 1 is 0.137 bits per heavy atom. The Labute approximate surface area is 892 Å². The van der Waals surface area contributed by atoms with E-state index in [2.05, 4.69) is 371 Å². The molecular formula is C140H196O6. The summed E-state index contributed by atoms with van der Waals surface area (Å²) in [5.41, 5.74) is 41.9. The number of rotatable bonds is 56. The number of ether oxygens (including phenoxy) is 6. The van der Waals surface area contributed by atoms with Crippen molar-refractivity contribution in [1.29, 1.82) is 0 Å². The number of unbranched alkanes of at least 4 members (excludes halogenated alkanes) is 11. The molecule has 0 aliphatic rings. The molecule has 12 aromatic rings. The molecule has 0 spiro atoms. The van der Waals surface area contributed by atoms with Crippen molar-refractivity contribution in [3.05, 3.63) is 385 Å².